The van der Waals surface area contributed by atoms with Crippen molar-refractivity contribution in [3.8, 4) is 5.88 Å². The van der Waals surface area contributed by atoms with Crippen molar-refractivity contribution in [2.45, 2.75) is 64.0 Å². The Morgan fingerprint density at radius 2 is 1.90 bits per heavy atom. The lowest BCUT2D eigenvalue weighted by Gasteiger charge is -2.31. The van der Waals surface area contributed by atoms with Crippen LogP contribution in [0.5, 0.6) is 5.88 Å². The van der Waals surface area contributed by atoms with E-state index in [1.54, 1.807) is 11.9 Å². The molecule has 0 radical (unpaired) electrons. The van der Waals surface area contributed by atoms with Gasteiger partial charge in [0, 0.05) is 46.5 Å². The number of aromatic nitrogens is 1. The molecule has 2 fully saturated rings. The SMILES string of the molecule is CN=C(NCc1ccc(OC2CCCC2)nc1)NCC1(C(=O)N(C)C)CCCC1.I. The largest absolute Gasteiger partial charge is 0.474 e. The van der Waals surface area contributed by atoms with E-state index in [-0.39, 0.29) is 35.3 Å². The first-order chi connectivity index (χ1) is 14.0. The van der Waals surface area contributed by atoms with Gasteiger partial charge >= 0.3 is 0 Å². The Kier molecular flexibility index (Phi) is 9.64. The number of pyridine rings is 1. The van der Waals surface area contributed by atoms with Gasteiger partial charge in [0.15, 0.2) is 5.96 Å². The fourth-order valence-corrected chi connectivity index (χ4v) is 4.41. The van der Waals surface area contributed by atoms with Crippen molar-refractivity contribution in [3.63, 3.8) is 0 Å². The van der Waals surface area contributed by atoms with Gasteiger partial charge in [0.1, 0.15) is 6.10 Å². The minimum absolute atomic E-state index is 0. The highest BCUT2D eigenvalue weighted by molar-refractivity contribution is 14.0. The summed E-state index contributed by atoms with van der Waals surface area (Å²) in [5.74, 6) is 1.61. The zero-order valence-corrected chi connectivity index (χ0v) is 20.8. The molecule has 0 bridgehead atoms. The summed E-state index contributed by atoms with van der Waals surface area (Å²) in [6, 6.07) is 3.97. The number of hydrogen-bond donors (Lipinski definition) is 2. The summed E-state index contributed by atoms with van der Waals surface area (Å²) >= 11 is 0. The van der Waals surface area contributed by atoms with E-state index in [1.165, 1.54) is 12.8 Å². The van der Waals surface area contributed by atoms with Crippen molar-refractivity contribution in [3.05, 3.63) is 23.9 Å². The van der Waals surface area contributed by atoms with Crippen molar-refractivity contribution in [2.24, 2.45) is 10.4 Å². The average molecular weight is 529 g/mol. The number of aliphatic imine (C=N–C) groups is 1. The van der Waals surface area contributed by atoms with Gasteiger partial charge in [-0.15, -0.1) is 24.0 Å². The van der Waals surface area contributed by atoms with Crippen LogP contribution in [0.1, 0.15) is 56.9 Å². The number of nitrogens with zero attached hydrogens (tertiary/aromatic N) is 3. The lowest BCUT2D eigenvalue weighted by molar-refractivity contribution is -0.138. The maximum atomic E-state index is 12.7. The molecule has 1 amide bonds. The molecule has 3 rings (SSSR count). The number of rotatable bonds is 7. The third-order valence-corrected chi connectivity index (χ3v) is 6.09. The van der Waals surface area contributed by atoms with Crippen LogP contribution < -0.4 is 15.4 Å². The molecule has 2 saturated carbocycles. The minimum Gasteiger partial charge on any atom is -0.474 e. The van der Waals surface area contributed by atoms with E-state index in [9.17, 15) is 4.79 Å². The van der Waals surface area contributed by atoms with Crippen LogP contribution in [0.15, 0.2) is 23.3 Å². The van der Waals surface area contributed by atoms with E-state index < -0.39 is 0 Å². The fourth-order valence-electron chi connectivity index (χ4n) is 4.41. The first kappa shape index (κ1) is 24.7. The highest BCUT2D eigenvalue weighted by atomic mass is 127. The van der Waals surface area contributed by atoms with Gasteiger partial charge in [-0.3, -0.25) is 9.79 Å². The molecule has 7 nitrogen and oxygen atoms in total. The van der Waals surface area contributed by atoms with E-state index in [1.807, 2.05) is 32.4 Å². The number of amides is 1. The van der Waals surface area contributed by atoms with Crippen LogP contribution in [0.4, 0.5) is 0 Å². The molecule has 30 heavy (non-hydrogen) atoms. The second kappa shape index (κ2) is 11.7. The Labute approximate surface area is 197 Å². The maximum absolute atomic E-state index is 12.7. The van der Waals surface area contributed by atoms with Crippen LogP contribution in [-0.4, -0.2) is 55.5 Å². The Bertz CT molecular complexity index is 696. The third-order valence-electron chi connectivity index (χ3n) is 6.09. The van der Waals surface area contributed by atoms with Crippen molar-refractivity contribution in [2.75, 3.05) is 27.7 Å². The van der Waals surface area contributed by atoms with Gasteiger partial charge in [-0.2, -0.15) is 0 Å². The smallest absolute Gasteiger partial charge is 0.230 e. The zero-order valence-electron chi connectivity index (χ0n) is 18.4. The molecule has 1 aromatic heterocycles. The molecule has 8 heteroatoms. The van der Waals surface area contributed by atoms with E-state index in [0.717, 1.165) is 44.1 Å². The third kappa shape index (κ3) is 6.46. The molecule has 1 aromatic rings. The lowest BCUT2D eigenvalue weighted by atomic mass is 9.84. The summed E-state index contributed by atoms with van der Waals surface area (Å²) in [6.07, 6.45) is 11.0. The average Bonchev–Trinajstić information content (AvgIpc) is 3.41. The van der Waals surface area contributed by atoms with Gasteiger partial charge in [-0.05, 0) is 44.1 Å². The summed E-state index contributed by atoms with van der Waals surface area (Å²) < 4.78 is 5.92. The molecule has 0 spiro atoms. The molecule has 0 aromatic carbocycles. The van der Waals surface area contributed by atoms with Crippen LogP contribution in [0.3, 0.4) is 0 Å². The topological polar surface area (TPSA) is 78.9 Å². The summed E-state index contributed by atoms with van der Waals surface area (Å²) in [5, 5.41) is 6.68. The second-order valence-electron chi connectivity index (χ2n) is 8.50. The Morgan fingerprint density at radius 1 is 1.20 bits per heavy atom. The number of ether oxygens (including phenoxy) is 1. The van der Waals surface area contributed by atoms with E-state index in [0.29, 0.717) is 31.0 Å². The Morgan fingerprint density at radius 3 is 2.47 bits per heavy atom. The van der Waals surface area contributed by atoms with Crippen molar-refractivity contribution in [1.29, 1.82) is 0 Å². The first-order valence-electron chi connectivity index (χ1n) is 10.8. The highest BCUT2D eigenvalue weighted by Crippen LogP contribution is 2.38. The molecule has 0 atom stereocenters. The van der Waals surface area contributed by atoms with E-state index >= 15 is 0 Å². The predicted octanol–water partition coefficient (Wildman–Crippen LogP) is 3.33. The summed E-state index contributed by atoms with van der Waals surface area (Å²) in [4.78, 5) is 23.2. The Hall–Kier alpha value is -1.58. The second-order valence-corrected chi connectivity index (χ2v) is 8.50. The van der Waals surface area contributed by atoms with E-state index in [2.05, 4.69) is 20.6 Å². The predicted molar refractivity (Wildman–Crippen MR) is 130 cm³/mol. The van der Waals surface area contributed by atoms with Crippen LogP contribution in [-0.2, 0) is 11.3 Å². The number of guanidine groups is 1. The molecule has 0 saturated heterocycles. The molecule has 1 heterocycles. The fraction of sp³-hybridized carbons (Fsp3) is 0.682. The maximum Gasteiger partial charge on any atom is 0.230 e. The molecule has 2 N–H and O–H groups in total. The standard InChI is InChI=1S/C22H35N5O2.HI/c1-23-21(26-16-22(12-6-7-13-22)20(28)27(2)3)25-15-17-10-11-19(24-14-17)29-18-8-4-5-9-18;/h10-11,14,18H,4-9,12-13,15-16H2,1-3H3,(H2,23,25,26);1H. The number of halogens is 1. The summed E-state index contributed by atoms with van der Waals surface area (Å²) in [5.41, 5.74) is 0.744. The van der Waals surface area contributed by atoms with Gasteiger partial charge in [-0.25, -0.2) is 4.98 Å². The number of hydrogen-bond acceptors (Lipinski definition) is 4. The first-order valence-corrected chi connectivity index (χ1v) is 10.8. The van der Waals surface area contributed by atoms with Crippen molar-refractivity contribution in [1.82, 2.24) is 20.5 Å². The lowest BCUT2D eigenvalue weighted by Crippen LogP contribution is -2.49. The molecular weight excluding hydrogens is 493 g/mol. The summed E-state index contributed by atoms with van der Waals surface area (Å²) in [7, 11) is 5.42. The molecule has 168 valence electrons. The van der Waals surface area contributed by atoms with Crippen LogP contribution in [0, 0.1) is 5.41 Å². The van der Waals surface area contributed by atoms with E-state index in [4.69, 9.17) is 4.74 Å². The molecule has 0 unspecified atom stereocenters. The highest BCUT2D eigenvalue weighted by Gasteiger charge is 2.42. The molecular formula is C22H36IN5O2. The molecule has 0 aliphatic heterocycles. The molecule has 2 aliphatic rings. The Balaban J connectivity index is 0.00000320. The van der Waals surface area contributed by atoms with Crippen LogP contribution in [0.25, 0.3) is 0 Å². The minimum atomic E-state index is -0.318. The normalized spacial score (nSPS) is 18.6. The number of carbonyl (C=O) groups excluding carboxylic acids is 1. The quantitative estimate of drug-likeness (QED) is 0.322. The van der Waals surface area contributed by atoms with Crippen molar-refractivity contribution < 1.29 is 9.53 Å². The monoisotopic (exact) mass is 529 g/mol. The van der Waals surface area contributed by atoms with Crippen LogP contribution >= 0.6 is 24.0 Å². The zero-order chi connectivity index (χ0) is 20.7. The van der Waals surface area contributed by atoms with Gasteiger partial charge in [-0.1, -0.05) is 18.9 Å². The van der Waals surface area contributed by atoms with Gasteiger partial charge in [0.25, 0.3) is 0 Å². The summed E-state index contributed by atoms with van der Waals surface area (Å²) in [6.45, 7) is 1.22. The van der Waals surface area contributed by atoms with Gasteiger partial charge < -0.3 is 20.3 Å². The molecule has 2 aliphatic carbocycles. The number of nitrogens with one attached hydrogen (secondary N) is 2. The van der Waals surface area contributed by atoms with Gasteiger partial charge in [0.05, 0.1) is 5.41 Å². The van der Waals surface area contributed by atoms with Crippen molar-refractivity contribution >= 4 is 35.8 Å². The van der Waals surface area contributed by atoms with Gasteiger partial charge in [0.2, 0.25) is 11.8 Å². The van der Waals surface area contributed by atoms with Crippen LogP contribution in [0.2, 0.25) is 0 Å². The number of carbonyl (C=O) groups is 1.